The summed E-state index contributed by atoms with van der Waals surface area (Å²) in [6.07, 6.45) is 6.83. The Morgan fingerprint density at radius 3 is 2.55 bits per heavy atom. The van der Waals surface area contributed by atoms with Crippen molar-refractivity contribution in [1.82, 2.24) is 15.8 Å². The molecule has 0 spiro atoms. The van der Waals surface area contributed by atoms with Crippen LogP contribution in [0.25, 0.3) is 0 Å². The van der Waals surface area contributed by atoms with Gasteiger partial charge in [0.1, 0.15) is 5.76 Å². The number of rotatable bonds is 5. The number of hydrogen-bond donors (Lipinski definition) is 2. The number of nitrogens with zero attached hydrogens (tertiary/aromatic N) is 2. The van der Waals surface area contributed by atoms with Gasteiger partial charge in [-0.15, -0.1) is 24.0 Å². The van der Waals surface area contributed by atoms with Crippen molar-refractivity contribution in [3.05, 3.63) is 17.0 Å². The third-order valence-corrected chi connectivity index (χ3v) is 4.20. The zero-order valence-electron chi connectivity index (χ0n) is 13.9. The fourth-order valence-electron chi connectivity index (χ4n) is 2.86. The summed E-state index contributed by atoms with van der Waals surface area (Å²) in [6.45, 7) is 8.50. The van der Waals surface area contributed by atoms with Gasteiger partial charge in [-0.05, 0) is 39.5 Å². The van der Waals surface area contributed by atoms with Crippen LogP contribution in [0, 0.1) is 19.8 Å². The first-order valence-corrected chi connectivity index (χ1v) is 8.14. The highest BCUT2D eigenvalue weighted by molar-refractivity contribution is 14.0. The first-order valence-electron chi connectivity index (χ1n) is 8.14. The van der Waals surface area contributed by atoms with E-state index >= 15 is 0 Å². The second-order valence-corrected chi connectivity index (χ2v) is 5.88. The maximum Gasteiger partial charge on any atom is 0.191 e. The van der Waals surface area contributed by atoms with Crippen molar-refractivity contribution in [2.45, 2.75) is 59.4 Å². The molecule has 5 nitrogen and oxygen atoms in total. The number of hydrogen-bond acceptors (Lipinski definition) is 3. The second-order valence-electron chi connectivity index (χ2n) is 5.88. The van der Waals surface area contributed by atoms with E-state index in [1.165, 1.54) is 32.1 Å². The standard InChI is InChI=1S/C16H28N4O.HI/c1-4-17-16(18-10-14-8-6-5-7-9-14)19-11-15-12(2)20-21-13(15)3;/h14H,4-11H2,1-3H3,(H2,17,18,19);1H. The maximum atomic E-state index is 5.18. The molecule has 1 aromatic heterocycles. The van der Waals surface area contributed by atoms with Gasteiger partial charge in [0.25, 0.3) is 0 Å². The Bertz CT molecular complexity index is 447. The van der Waals surface area contributed by atoms with Gasteiger partial charge in [-0.2, -0.15) is 0 Å². The largest absolute Gasteiger partial charge is 0.361 e. The van der Waals surface area contributed by atoms with Crippen molar-refractivity contribution in [3.8, 4) is 0 Å². The lowest BCUT2D eigenvalue weighted by atomic mass is 9.89. The zero-order valence-corrected chi connectivity index (χ0v) is 16.3. The summed E-state index contributed by atoms with van der Waals surface area (Å²) in [4.78, 5) is 4.66. The van der Waals surface area contributed by atoms with Crippen molar-refractivity contribution >= 4 is 29.9 Å². The van der Waals surface area contributed by atoms with Gasteiger partial charge in [-0.1, -0.05) is 24.4 Å². The molecule has 0 radical (unpaired) electrons. The Labute approximate surface area is 150 Å². The molecule has 2 N–H and O–H groups in total. The van der Waals surface area contributed by atoms with Gasteiger partial charge in [0.15, 0.2) is 5.96 Å². The molecule has 1 heterocycles. The van der Waals surface area contributed by atoms with Gasteiger partial charge in [-0.25, -0.2) is 4.99 Å². The van der Waals surface area contributed by atoms with Crippen molar-refractivity contribution in [1.29, 1.82) is 0 Å². The molecule has 0 atom stereocenters. The van der Waals surface area contributed by atoms with Crippen LogP contribution in [0.2, 0.25) is 0 Å². The second kappa shape index (κ2) is 10.1. The number of aromatic nitrogens is 1. The van der Waals surface area contributed by atoms with Gasteiger partial charge in [0.2, 0.25) is 0 Å². The van der Waals surface area contributed by atoms with Gasteiger partial charge >= 0.3 is 0 Å². The highest BCUT2D eigenvalue weighted by atomic mass is 127. The Hall–Kier alpha value is -0.790. The van der Waals surface area contributed by atoms with E-state index in [-0.39, 0.29) is 24.0 Å². The summed E-state index contributed by atoms with van der Waals surface area (Å²) in [5.41, 5.74) is 2.02. The van der Waals surface area contributed by atoms with E-state index in [1.54, 1.807) is 0 Å². The number of aryl methyl sites for hydroxylation is 2. The first kappa shape index (κ1) is 19.3. The van der Waals surface area contributed by atoms with Crippen LogP contribution in [0.15, 0.2) is 9.52 Å². The number of aliphatic imine (C=N–C) groups is 1. The van der Waals surface area contributed by atoms with Gasteiger partial charge in [0.05, 0.1) is 12.2 Å². The Balaban J connectivity index is 0.00000242. The van der Waals surface area contributed by atoms with E-state index in [9.17, 15) is 0 Å². The molecule has 0 amide bonds. The normalized spacial score (nSPS) is 16.2. The van der Waals surface area contributed by atoms with Crippen LogP contribution in [0.3, 0.4) is 0 Å². The van der Waals surface area contributed by atoms with Crippen LogP contribution >= 0.6 is 24.0 Å². The first-order chi connectivity index (χ1) is 10.2. The minimum Gasteiger partial charge on any atom is -0.361 e. The molecule has 126 valence electrons. The third kappa shape index (κ3) is 5.78. The molecule has 0 aliphatic heterocycles. The molecule has 2 rings (SSSR count). The van der Waals surface area contributed by atoms with E-state index in [2.05, 4.69) is 27.7 Å². The zero-order chi connectivity index (χ0) is 15.1. The molecule has 0 saturated heterocycles. The van der Waals surface area contributed by atoms with Crippen molar-refractivity contribution in [2.75, 3.05) is 13.1 Å². The molecule has 1 fully saturated rings. The Morgan fingerprint density at radius 1 is 1.23 bits per heavy atom. The lowest BCUT2D eigenvalue weighted by Crippen LogP contribution is -2.40. The molecule has 22 heavy (non-hydrogen) atoms. The van der Waals surface area contributed by atoms with E-state index < -0.39 is 0 Å². The molecule has 0 unspecified atom stereocenters. The topological polar surface area (TPSA) is 62.5 Å². The monoisotopic (exact) mass is 420 g/mol. The van der Waals surface area contributed by atoms with Crippen LogP contribution < -0.4 is 10.6 Å². The number of guanidine groups is 1. The average Bonchev–Trinajstić information content (AvgIpc) is 2.82. The summed E-state index contributed by atoms with van der Waals surface area (Å²) in [7, 11) is 0. The van der Waals surface area contributed by atoms with Gasteiger partial charge < -0.3 is 15.2 Å². The molecule has 1 aliphatic rings. The molecular weight excluding hydrogens is 391 g/mol. The lowest BCUT2D eigenvalue weighted by Gasteiger charge is -2.22. The van der Waals surface area contributed by atoms with Crippen LogP contribution in [-0.4, -0.2) is 24.2 Å². The summed E-state index contributed by atoms with van der Waals surface area (Å²) in [5.74, 6) is 2.55. The van der Waals surface area contributed by atoms with Crippen LogP contribution in [-0.2, 0) is 6.54 Å². The SMILES string of the molecule is CCNC(=NCc1c(C)noc1C)NCC1CCCCC1.I. The van der Waals surface area contributed by atoms with Crippen LogP contribution in [0.1, 0.15) is 56.0 Å². The van der Waals surface area contributed by atoms with E-state index in [0.717, 1.165) is 42.0 Å². The van der Waals surface area contributed by atoms with Crippen molar-refractivity contribution in [3.63, 3.8) is 0 Å². The highest BCUT2D eigenvalue weighted by Gasteiger charge is 2.14. The fraction of sp³-hybridized carbons (Fsp3) is 0.750. The summed E-state index contributed by atoms with van der Waals surface area (Å²) < 4.78 is 5.18. The minimum absolute atomic E-state index is 0. The van der Waals surface area contributed by atoms with Crippen LogP contribution in [0.5, 0.6) is 0 Å². The molecular formula is C16H29IN4O. The van der Waals surface area contributed by atoms with E-state index in [4.69, 9.17) is 4.52 Å². The molecule has 1 aliphatic carbocycles. The molecule has 0 aromatic carbocycles. The quantitative estimate of drug-likeness (QED) is 0.435. The molecule has 1 aromatic rings. The predicted molar refractivity (Wildman–Crippen MR) is 101 cm³/mol. The smallest absolute Gasteiger partial charge is 0.191 e. The molecule has 1 saturated carbocycles. The fourth-order valence-corrected chi connectivity index (χ4v) is 2.86. The highest BCUT2D eigenvalue weighted by Crippen LogP contribution is 2.22. The third-order valence-electron chi connectivity index (χ3n) is 4.20. The van der Waals surface area contributed by atoms with E-state index in [1.807, 2.05) is 13.8 Å². The number of halogens is 1. The summed E-state index contributed by atoms with van der Waals surface area (Å²) in [6, 6.07) is 0. The minimum atomic E-state index is 0. The van der Waals surface area contributed by atoms with Crippen molar-refractivity contribution in [2.24, 2.45) is 10.9 Å². The van der Waals surface area contributed by atoms with Gasteiger partial charge in [0, 0.05) is 18.7 Å². The van der Waals surface area contributed by atoms with Gasteiger partial charge in [-0.3, -0.25) is 0 Å². The van der Waals surface area contributed by atoms with Crippen LogP contribution in [0.4, 0.5) is 0 Å². The Morgan fingerprint density at radius 2 is 1.95 bits per heavy atom. The Kier molecular flexibility index (Phi) is 8.82. The lowest BCUT2D eigenvalue weighted by molar-refractivity contribution is 0.355. The average molecular weight is 420 g/mol. The van der Waals surface area contributed by atoms with Crippen molar-refractivity contribution < 1.29 is 4.52 Å². The summed E-state index contributed by atoms with van der Waals surface area (Å²) in [5, 5.41) is 10.8. The summed E-state index contributed by atoms with van der Waals surface area (Å²) >= 11 is 0. The molecule has 0 bridgehead atoms. The predicted octanol–water partition coefficient (Wildman–Crippen LogP) is 3.54. The molecule has 6 heteroatoms. The van der Waals surface area contributed by atoms with E-state index in [0.29, 0.717) is 6.54 Å². The number of nitrogens with one attached hydrogen (secondary N) is 2. The maximum absolute atomic E-state index is 5.18.